The molecule has 1 aromatic rings. The maximum atomic E-state index is 5.98. The van der Waals surface area contributed by atoms with Crippen molar-refractivity contribution in [3.05, 3.63) is 25.3 Å². The molecular weight excluding hydrogens is 394 g/mol. The minimum Gasteiger partial charge on any atom is -0.463 e. The van der Waals surface area contributed by atoms with Gasteiger partial charge in [-0.25, -0.2) is 0 Å². The zero-order valence-electron chi connectivity index (χ0n) is 17.7. The van der Waals surface area contributed by atoms with E-state index in [1.165, 1.54) is 0 Å². The first-order valence-corrected chi connectivity index (χ1v) is 11.8. The van der Waals surface area contributed by atoms with E-state index < -0.39 is 8.80 Å². The lowest BCUT2D eigenvalue weighted by Crippen LogP contribution is -2.46. The molecule has 0 amide bonds. The van der Waals surface area contributed by atoms with Crippen LogP contribution in [0.4, 0.5) is 0 Å². The second kappa shape index (κ2) is 14.9. The molecule has 0 atom stereocenters. The van der Waals surface area contributed by atoms with Gasteiger partial charge in [0, 0.05) is 25.9 Å². The van der Waals surface area contributed by atoms with Crippen LogP contribution < -0.4 is 14.2 Å². The molecule has 9 nitrogen and oxygen atoms in total. The van der Waals surface area contributed by atoms with E-state index in [1.807, 2.05) is 13.8 Å². The first-order chi connectivity index (χ1) is 14.1. The van der Waals surface area contributed by atoms with Crippen molar-refractivity contribution >= 4 is 8.80 Å². The Morgan fingerprint density at radius 3 is 1.72 bits per heavy atom. The van der Waals surface area contributed by atoms with E-state index in [0.29, 0.717) is 38.9 Å². The van der Waals surface area contributed by atoms with Gasteiger partial charge in [0.25, 0.3) is 0 Å². The Balaban J connectivity index is 2.71. The number of nitrogens with zero attached hydrogens (tertiary/aromatic N) is 3. The molecule has 29 heavy (non-hydrogen) atoms. The topological polar surface area (TPSA) is 94.1 Å². The molecule has 0 N–H and O–H groups in total. The molecule has 0 aromatic carbocycles. The summed E-state index contributed by atoms with van der Waals surface area (Å²) >= 11 is 0. The molecule has 1 aromatic heterocycles. The third kappa shape index (κ3) is 9.84. The Kier molecular flexibility index (Phi) is 12.9. The van der Waals surface area contributed by atoms with Crippen LogP contribution in [-0.2, 0) is 13.3 Å². The molecule has 0 saturated carbocycles. The number of hydrogen-bond donors (Lipinski definition) is 0. The molecule has 0 aliphatic carbocycles. The lowest BCUT2D eigenvalue weighted by molar-refractivity contribution is 0.0654. The maximum Gasteiger partial charge on any atom is 0.501 e. The molecule has 0 unspecified atom stereocenters. The van der Waals surface area contributed by atoms with Crippen molar-refractivity contribution in [2.45, 2.75) is 39.7 Å². The van der Waals surface area contributed by atoms with E-state index in [1.54, 1.807) is 12.2 Å². The number of rotatable bonds is 18. The van der Waals surface area contributed by atoms with Crippen LogP contribution in [0, 0.1) is 0 Å². The van der Waals surface area contributed by atoms with Gasteiger partial charge in [0.05, 0.1) is 6.61 Å². The predicted molar refractivity (Wildman–Crippen MR) is 111 cm³/mol. The second-order valence-electron chi connectivity index (χ2n) is 5.73. The number of hydrogen-bond acceptors (Lipinski definition) is 9. The zero-order chi connectivity index (χ0) is 21.4. The molecule has 0 fully saturated rings. The summed E-state index contributed by atoms with van der Waals surface area (Å²) in [6.07, 6.45) is 4.75. The standard InChI is InChI=1S/C19H33N3O6Si/c1-6-12-23-17-20-18(24-13-7-2)22-19(21-17)25-15-11-16-29(26-9-4,27-10-5)28-14-8-3/h6-7H,1-2,8-16H2,3-5H3. The molecule has 0 spiro atoms. The van der Waals surface area contributed by atoms with E-state index in [0.717, 1.165) is 6.42 Å². The highest BCUT2D eigenvalue weighted by atomic mass is 28.4. The fourth-order valence-corrected chi connectivity index (χ4v) is 4.93. The fraction of sp³-hybridized carbons (Fsp3) is 0.632. The Labute approximate surface area is 174 Å². The summed E-state index contributed by atoms with van der Waals surface area (Å²) < 4.78 is 34.2. The molecule has 1 rings (SSSR count). The molecule has 164 valence electrons. The summed E-state index contributed by atoms with van der Waals surface area (Å²) in [4.78, 5) is 12.3. The lowest BCUT2D eigenvalue weighted by atomic mass is 10.5. The van der Waals surface area contributed by atoms with Gasteiger partial charge in [-0.3, -0.25) is 0 Å². The molecule has 0 bridgehead atoms. The normalized spacial score (nSPS) is 11.1. The van der Waals surface area contributed by atoms with Gasteiger partial charge in [0.1, 0.15) is 13.2 Å². The highest BCUT2D eigenvalue weighted by Gasteiger charge is 2.39. The van der Waals surface area contributed by atoms with E-state index >= 15 is 0 Å². The average Bonchev–Trinajstić information content (AvgIpc) is 2.72. The first-order valence-electron chi connectivity index (χ1n) is 9.91. The predicted octanol–water partition coefficient (Wildman–Crippen LogP) is 3.21. The van der Waals surface area contributed by atoms with E-state index in [-0.39, 0.29) is 31.2 Å². The molecule has 0 aliphatic rings. The van der Waals surface area contributed by atoms with E-state index in [9.17, 15) is 0 Å². The van der Waals surface area contributed by atoms with Crippen molar-refractivity contribution < 1.29 is 27.5 Å². The van der Waals surface area contributed by atoms with Crippen LogP contribution in [0.2, 0.25) is 6.04 Å². The zero-order valence-corrected chi connectivity index (χ0v) is 18.7. The van der Waals surface area contributed by atoms with Crippen LogP contribution in [-0.4, -0.2) is 63.4 Å². The SMILES string of the molecule is C=CCOc1nc(OCC=C)nc(OCCC[Si](OCC)(OCC)OCCC)n1. The minimum atomic E-state index is -2.72. The highest BCUT2D eigenvalue weighted by molar-refractivity contribution is 6.60. The smallest absolute Gasteiger partial charge is 0.463 e. The summed E-state index contributed by atoms with van der Waals surface area (Å²) in [6.45, 7) is 15.7. The summed E-state index contributed by atoms with van der Waals surface area (Å²) in [6, 6.07) is 0.965. The van der Waals surface area contributed by atoms with Gasteiger partial charge in [-0.15, -0.1) is 15.0 Å². The first kappa shape index (κ1) is 25.0. The molecular formula is C19H33N3O6Si. The third-order valence-electron chi connectivity index (χ3n) is 3.35. The van der Waals surface area contributed by atoms with E-state index in [2.05, 4.69) is 35.0 Å². The fourth-order valence-electron chi connectivity index (χ4n) is 2.27. The van der Waals surface area contributed by atoms with Crippen molar-refractivity contribution in [1.82, 2.24) is 15.0 Å². The van der Waals surface area contributed by atoms with E-state index in [4.69, 9.17) is 27.5 Å². The highest BCUT2D eigenvalue weighted by Crippen LogP contribution is 2.20. The van der Waals surface area contributed by atoms with Crippen molar-refractivity contribution in [2.75, 3.05) is 39.6 Å². The van der Waals surface area contributed by atoms with Crippen LogP contribution >= 0.6 is 0 Å². The van der Waals surface area contributed by atoms with Gasteiger partial charge in [0.2, 0.25) is 0 Å². The molecule has 0 aliphatic heterocycles. The number of ether oxygens (including phenoxy) is 3. The Morgan fingerprint density at radius 1 is 0.759 bits per heavy atom. The van der Waals surface area contributed by atoms with Gasteiger partial charge in [0.15, 0.2) is 0 Å². The second-order valence-corrected chi connectivity index (χ2v) is 8.46. The van der Waals surface area contributed by atoms with Gasteiger partial charge in [-0.2, -0.15) is 0 Å². The van der Waals surface area contributed by atoms with Crippen LogP contribution in [0.15, 0.2) is 25.3 Å². The monoisotopic (exact) mass is 427 g/mol. The Hall–Kier alpha value is -2.01. The van der Waals surface area contributed by atoms with Crippen LogP contribution in [0.5, 0.6) is 18.0 Å². The van der Waals surface area contributed by atoms with Gasteiger partial charge in [-0.05, 0) is 26.7 Å². The van der Waals surface area contributed by atoms with Gasteiger partial charge in [-0.1, -0.05) is 32.2 Å². The summed E-state index contributed by atoms with van der Waals surface area (Å²) in [5.74, 6) is 0. The molecule has 10 heteroatoms. The summed E-state index contributed by atoms with van der Waals surface area (Å²) in [7, 11) is -2.72. The Bertz CT molecular complexity index is 569. The largest absolute Gasteiger partial charge is 0.501 e. The minimum absolute atomic E-state index is 0.104. The summed E-state index contributed by atoms with van der Waals surface area (Å²) in [5.41, 5.74) is 0. The van der Waals surface area contributed by atoms with Crippen LogP contribution in [0.25, 0.3) is 0 Å². The van der Waals surface area contributed by atoms with Crippen molar-refractivity contribution in [1.29, 1.82) is 0 Å². The Morgan fingerprint density at radius 2 is 1.28 bits per heavy atom. The van der Waals surface area contributed by atoms with Crippen LogP contribution in [0.3, 0.4) is 0 Å². The van der Waals surface area contributed by atoms with Crippen molar-refractivity contribution in [3.8, 4) is 18.0 Å². The van der Waals surface area contributed by atoms with Crippen molar-refractivity contribution in [2.24, 2.45) is 0 Å². The third-order valence-corrected chi connectivity index (χ3v) is 6.41. The summed E-state index contributed by atoms with van der Waals surface area (Å²) in [5, 5.41) is 0. The van der Waals surface area contributed by atoms with Gasteiger partial charge < -0.3 is 27.5 Å². The molecule has 1 heterocycles. The average molecular weight is 428 g/mol. The quantitative estimate of drug-likeness (QED) is 0.199. The maximum absolute atomic E-state index is 5.98. The van der Waals surface area contributed by atoms with Crippen LogP contribution in [0.1, 0.15) is 33.6 Å². The number of aromatic nitrogens is 3. The van der Waals surface area contributed by atoms with Gasteiger partial charge >= 0.3 is 26.8 Å². The molecule has 0 radical (unpaired) electrons. The van der Waals surface area contributed by atoms with Crippen molar-refractivity contribution in [3.63, 3.8) is 0 Å². The molecule has 0 saturated heterocycles. The lowest BCUT2D eigenvalue weighted by Gasteiger charge is -2.28.